The number of pyridine rings is 1. The molecular weight excluding hydrogens is 399 g/mol. The molecule has 2 aromatic heterocycles. The Hall–Kier alpha value is -3.33. The van der Waals surface area contributed by atoms with Crippen LogP contribution in [0.5, 0.6) is 0 Å². The molecule has 3 N–H and O–H groups in total. The molecule has 3 aromatic rings. The number of nitrogens with zero attached hydrogens (tertiary/aromatic N) is 4. The number of anilines is 1. The van der Waals surface area contributed by atoms with Gasteiger partial charge >= 0.3 is 6.01 Å². The fourth-order valence-corrected chi connectivity index (χ4v) is 3.84. The van der Waals surface area contributed by atoms with E-state index in [2.05, 4.69) is 20.4 Å². The maximum atomic E-state index is 13.8. The van der Waals surface area contributed by atoms with E-state index in [1.165, 1.54) is 6.07 Å². The maximum Gasteiger partial charge on any atom is 0.321 e. The SMILES string of the molecule is N[C@@H](CC(=O)N1CCCC1CNc1nc(-c2ccccn2)no1)Cc1ccccc1F. The summed E-state index contributed by atoms with van der Waals surface area (Å²) in [4.78, 5) is 23.1. The predicted octanol–water partition coefficient (Wildman–Crippen LogP) is 2.63. The third-order valence-corrected chi connectivity index (χ3v) is 5.38. The third-order valence-electron chi connectivity index (χ3n) is 5.38. The first-order valence-electron chi connectivity index (χ1n) is 10.4. The molecule has 0 spiro atoms. The lowest BCUT2D eigenvalue weighted by Crippen LogP contribution is -2.42. The molecule has 1 amide bonds. The molecule has 0 bridgehead atoms. The lowest BCUT2D eigenvalue weighted by molar-refractivity contribution is -0.132. The van der Waals surface area contributed by atoms with Gasteiger partial charge in [-0.1, -0.05) is 29.4 Å². The molecule has 0 saturated carbocycles. The molecule has 1 aromatic carbocycles. The van der Waals surface area contributed by atoms with E-state index >= 15 is 0 Å². The number of likely N-dealkylation sites (tertiary alicyclic amines) is 1. The highest BCUT2D eigenvalue weighted by Crippen LogP contribution is 2.21. The van der Waals surface area contributed by atoms with Crippen molar-refractivity contribution in [1.29, 1.82) is 0 Å². The monoisotopic (exact) mass is 424 g/mol. The second kappa shape index (κ2) is 9.65. The average molecular weight is 424 g/mol. The van der Waals surface area contributed by atoms with Gasteiger partial charge in [0.1, 0.15) is 11.5 Å². The topological polar surface area (TPSA) is 110 Å². The number of amides is 1. The van der Waals surface area contributed by atoms with Gasteiger partial charge in [0, 0.05) is 37.8 Å². The number of hydrogen-bond donors (Lipinski definition) is 2. The Balaban J connectivity index is 1.30. The normalized spacial score (nSPS) is 17.0. The Bertz CT molecular complexity index is 1010. The van der Waals surface area contributed by atoms with Crippen LogP contribution in [0.25, 0.3) is 11.5 Å². The summed E-state index contributed by atoms with van der Waals surface area (Å²) in [5.41, 5.74) is 7.30. The molecule has 9 heteroatoms. The van der Waals surface area contributed by atoms with Crippen LogP contribution in [0.4, 0.5) is 10.4 Å². The number of aromatic nitrogens is 3. The van der Waals surface area contributed by atoms with Crippen LogP contribution in [0, 0.1) is 5.82 Å². The number of hydrogen-bond acceptors (Lipinski definition) is 7. The first-order chi connectivity index (χ1) is 15.1. The molecule has 1 aliphatic rings. The van der Waals surface area contributed by atoms with Crippen LogP contribution in [-0.4, -0.2) is 51.1 Å². The number of benzene rings is 1. The number of nitrogens with one attached hydrogen (secondary N) is 1. The Morgan fingerprint density at radius 3 is 2.94 bits per heavy atom. The fourth-order valence-electron chi connectivity index (χ4n) is 3.84. The van der Waals surface area contributed by atoms with E-state index in [1.54, 1.807) is 30.5 Å². The number of carbonyl (C=O) groups is 1. The largest absolute Gasteiger partial charge is 0.338 e. The summed E-state index contributed by atoms with van der Waals surface area (Å²) < 4.78 is 19.1. The van der Waals surface area contributed by atoms with E-state index in [0.717, 1.165) is 12.8 Å². The number of halogens is 1. The van der Waals surface area contributed by atoms with E-state index in [4.69, 9.17) is 10.3 Å². The van der Waals surface area contributed by atoms with Gasteiger partial charge in [0.05, 0.1) is 0 Å². The predicted molar refractivity (Wildman–Crippen MR) is 113 cm³/mol. The number of carbonyl (C=O) groups excluding carboxylic acids is 1. The van der Waals surface area contributed by atoms with Gasteiger partial charge in [0.25, 0.3) is 0 Å². The maximum absolute atomic E-state index is 13.8. The van der Waals surface area contributed by atoms with Crippen molar-refractivity contribution in [2.24, 2.45) is 5.73 Å². The van der Waals surface area contributed by atoms with Crippen LogP contribution >= 0.6 is 0 Å². The highest BCUT2D eigenvalue weighted by molar-refractivity contribution is 5.77. The summed E-state index contributed by atoms with van der Waals surface area (Å²) in [5, 5.41) is 7.05. The molecular formula is C22H25FN6O2. The highest BCUT2D eigenvalue weighted by Gasteiger charge is 2.29. The smallest absolute Gasteiger partial charge is 0.321 e. The van der Waals surface area contributed by atoms with Crippen LogP contribution in [0.1, 0.15) is 24.8 Å². The molecule has 1 unspecified atom stereocenters. The van der Waals surface area contributed by atoms with E-state index in [9.17, 15) is 9.18 Å². The molecule has 1 saturated heterocycles. The lowest BCUT2D eigenvalue weighted by atomic mass is 10.0. The van der Waals surface area contributed by atoms with Crippen LogP contribution in [-0.2, 0) is 11.2 Å². The van der Waals surface area contributed by atoms with E-state index in [-0.39, 0.29) is 30.2 Å². The summed E-state index contributed by atoms with van der Waals surface area (Å²) in [6.07, 6.45) is 3.96. The summed E-state index contributed by atoms with van der Waals surface area (Å²) in [6.45, 7) is 1.18. The molecule has 1 aliphatic heterocycles. The number of nitrogens with two attached hydrogens (primary N) is 1. The minimum atomic E-state index is -0.435. The van der Waals surface area contributed by atoms with Crippen molar-refractivity contribution in [2.75, 3.05) is 18.4 Å². The molecule has 0 radical (unpaired) electrons. The summed E-state index contributed by atoms with van der Waals surface area (Å²) >= 11 is 0. The zero-order chi connectivity index (χ0) is 21.6. The molecule has 162 valence electrons. The second-order valence-electron chi connectivity index (χ2n) is 7.66. The quantitative estimate of drug-likeness (QED) is 0.572. The van der Waals surface area contributed by atoms with Crippen molar-refractivity contribution < 1.29 is 13.7 Å². The zero-order valence-electron chi connectivity index (χ0n) is 17.1. The van der Waals surface area contributed by atoms with Gasteiger partial charge in [-0.2, -0.15) is 4.98 Å². The standard InChI is InChI=1S/C22H25FN6O2/c23-18-8-2-1-6-15(18)12-16(24)13-20(30)29-11-5-7-17(29)14-26-22-27-21(28-31-22)19-9-3-4-10-25-19/h1-4,6,8-10,16-17H,5,7,11-14,24H2,(H,26,27,28)/t16-,17?/m1/s1. The molecule has 8 nitrogen and oxygen atoms in total. The van der Waals surface area contributed by atoms with Crippen molar-refractivity contribution in [3.63, 3.8) is 0 Å². The van der Waals surface area contributed by atoms with Gasteiger partial charge in [-0.25, -0.2) is 4.39 Å². The first kappa shape index (κ1) is 20.9. The Morgan fingerprint density at radius 1 is 1.29 bits per heavy atom. The van der Waals surface area contributed by atoms with Crippen LogP contribution in [0.3, 0.4) is 0 Å². The zero-order valence-corrected chi connectivity index (χ0v) is 17.1. The van der Waals surface area contributed by atoms with Gasteiger partial charge < -0.3 is 20.5 Å². The van der Waals surface area contributed by atoms with Crippen LogP contribution < -0.4 is 11.1 Å². The highest BCUT2D eigenvalue weighted by atomic mass is 19.1. The van der Waals surface area contributed by atoms with E-state index in [0.29, 0.717) is 36.6 Å². The van der Waals surface area contributed by atoms with Gasteiger partial charge in [-0.05, 0) is 43.0 Å². The second-order valence-corrected chi connectivity index (χ2v) is 7.66. The molecule has 3 heterocycles. The molecule has 31 heavy (non-hydrogen) atoms. The minimum Gasteiger partial charge on any atom is -0.338 e. The van der Waals surface area contributed by atoms with Gasteiger partial charge in [-0.15, -0.1) is 0 Å². The number of rotatable bonds is 8. The Morgan fingerprint density at radius 2 is 2.13 bits per heavy atom. The Kier molecular flexibility index (Phi) is 6.51. The van der Waals surface area contributed by atoms with Gasteiger partial charge in [-0.3, -0.25) is 9.78 Å². The van der Waals surface area contributed by atoms with Gasteiger partial charge in [0.2, 0.25) is 11.7 Å². The lowest BCUT2D eigenvalue weighted by Gasteiger charge is -2.26. The average Bonchev–Trinajstić information content (AvgIpc) is 3.44. The van der Waals surface area contributed by atoms with Crippen molar-refractivity contribution in [3.05, 3.63) is 60.0 Å². The summed E-state index contributed by atoms with van der Waals surface area (Å²) in [6, 6.07) is 11.9. The van der Waals surface area contributed by atoms with Crippen molar-refractivity contribution in [1.82, 2.24) is 20.0 Å². The third kappa shape index (κ3) is 5.24. The van der Waals surface area contributed by atoms with Gasteiger partial charge in [0.15, 0.2) is 0 Å². The minimum absolute atomic E-state index is 0.0124. The Labute approximate surface area is 179 Å². The first-order valence-corrected chi connectivity index (χ1v) is 10.4. The molecule has 1 fully saturated rings. The van der Waals surface area contributed by atoms with Crippen LogP contribution in [0.15, 0.2) is 53.2 Å². The molecule has 2 atom stereocenters. The van der Waals surface area contributed by atoms with Crippen molar-refractivity contribution >= 4 is 11.9 Å². The summed E-state index contributed by atoms with van der Waals surface area (Å²) in [5.74, 6) is 0.0905. The van der Waals surface area contributed by atoms with Crippen molar-refractivity contribution in [3.8, 4) is 11.5 Å². The van der Waals surface area contributed by atoms with E-state index in [1.807, 2.05) is 17.0 Å². The van der Waals surface area contributed by atoms with E-state index < -0.39 is 6.04 Å². The molecule has 0 aliphatic carbocycles. The molecule has 4 rings (SSSR count). The summed E-state index contributed by atoms with van der Waals surface area (Å²) in [7, 11) is 0. The van der Waals surface area contributed by atoms with Crippen molar-refractivity contribution in [2.45, 2.75) is 37.8 Å². The van der Waals surface area contributed by atoms with Crippen LogP contribution in [0.2, 0.25) is 0 Å². The fraction of sp³-hybridized carbons (Fsp3) is 0.364.